The molecule has 0 aliphatic carbocycles. The van der Waals surface area contributed by atoms with Crippen molar-refractivity contribution in [3.05, 3.63) is 175 Å². The molecule has 0 fully saturated rings. The summed E-state index contributed by atoms with van der Waals surface area (Å²) in [5.74, 6) is 0.686. The van der Waals surface area contributed by atoms with E-state index in [9.17, 15) is 0 Å². The summed E-state index contributed by atoms with van der Waals surface area (Å²) in [5.41, 5.74) is 7.75. The zero-order valence-corrected chi connectivity index (χ0v) is 34.4. The van der Waals surface area contributed by atoms with Gasteiger partial charge >= 0.3 is 0 Å². The molecule has 0 radical (unpaired) electrons. The van der Waals surface area contributed by atoms with Gasteiger partial charge in [-0.05, 0) is 75.9 Å². The van der Waals surface area contributed by atoms with Crippen molar-refractivity contribution in [3.63, 3.8) is 0 Å². The number of rotatable bonds is 7. The first-order valence-electron chi connectivity index (χ1n) is 18.8. The SMILES string of the molecule is CC(C)c1ccccc1-c1cc(Oc2[c-]c3c(cc2)c2ccccc2n3-c2ccccn2)[c-]c(N2[CH-]N(c3c(F)cccc3F)c3cc(C(C)(C)C)ccc32)c1.[Pt]. The molecule has 8 aromatic rings. The second-order valence-electron chi connectivity index (χ2n) is 15.5. The van der Waals surface area contributed by atoms with E-state index in [0.717, 1.165) is 50.0 Å². The molecule has 1 aliphatic rings. The summed E-state index contributed by atoms with van der Waals surface area (Å²) in [6.07, 6.45) is 1.78. The van der Waals surface area contributed by atoms with Gasteiger partial charge in [0.25, 0.3) is 0 Å². The molecule has 0 amide bonds. The topological polar surface area (TPSA) is 33.5 Å². The predicted molar refractivity (Wildman–Crippen MR) is 222 cm³/mol. The summed E-state index contributed by atoms with van der Waals surface area (Å²) in [6.45, 7) is 12.4. The number of fused-ring (bicyclic) bond motifs is 4. The number of benzene rings is 6. The van der Waals surface area contributed by atoms with E-state index in [4.69, 9.17) is 4.74 Å². The summed E-state index contributed by atoms with van der Waals surface area (Å²) < 4.78 is 39.9. The van der Waals surface area contributed by atoms with Crippen molar-refractivity contribution in [1.82, 2.24) is 9.55 Å². The van der Waals surface area contributed by atoms with Gasteiger partial charge in [0.1, 0.15) is 17.5 Å². The van der Waals surface area contributed by atoms with Crippen LogP contribution in [0.2, 0.25) is 0 Å². The van der Waals surface area contributed by atoms with Crippen LogP contribution in [0.4, 0.5) is 31.5 Å². The molecule has 0 atom stereocenters. The normalized spacial score (nSPS) is 12.7. The summed E-state index contributed by atoms with van der Waals surface area (Å²) in [7, 11) is 0. The van der Waals surface area contributed by atoms with E-state index in [2.05, 4.69) is 105 Å². The Morgan fingerprint density at radius 1 is 0.702 bits per heavy atom. The van der Waals surface area contributed by atoms with Gasteiger partial charge in [0, 0.05) is 55.7 Å². The van der Waals surface area contributed by atoms with E-state index in [1.165, 1.54) is 23.8 Å². The maximum Gasteiger partial charge on any atom is 0.147 e. The summed E-state index contributed by atoms with van der Waals surface area (Å²) in [5, 5.41) is 2.12. The van der Waals surface area contributed by atoms with Crippen LogP contribution in [0.5, 0.6) is 11.5 Å². The Labute approximate surface area is 346 Å². The molecule has 0 saturated carbocycles. The fourth-order valence-electron chi connectivity index (χ4n) is 7.62. The number of nitrogens with zero attached hydrogens (tertiary/aromatic N) is 4. The van der Waals surface area contributed by atoms with E-state index >= 15 is 8.78 Å². The van der Waals surface area contributed by atoms with Gasteiger partial charge in [0.2, 0.25) is 0 Å². The van der Waals surface area contributed by atoms with Crippen LogP contribution in [0.15, 0.2) is 134 Å². The Kier molecular flexibility index (Phi) is 9.99. The van der Waals surface area contributed by atoms with Crippen molar-refractivity contribution in [2.75, 3.05) is 9.80 Å². The molecule has 6 aromatic carbocycles. The van der Waals surface area contributed by atoms with Crippen LogP contribution < -0.4 is 14.5 Å². The number of halogens is 2. The number of anilines is 4. The molecule has 1 aliphatic heterocycles. The van der Waals surface area contributed by atoms with Crippen LogP contribution >= 0.6 is 0 Å². The van der Waals surface area contributed by atoms with Gasteiger partial charge < -0.3 is 19.1 Å². The number of aromatic nitrogens is 2. The molecule has 0 N–H and O–H groups in total. The zero-order valence-electron chi connectivity index (χ0n) is 32.1. The fourth-order valence-corrected chi connectivity index (χ4v) is 7.62. The molecule has 0 bridgehead atoms. The molecule has 8 heteroatoms. The smallest absolute Gasteiger partial charge is 0.147 e. The number of hydrogen-bond acceptors (Lipinski definition) is 4. The van der Waals surface area contributed by atoms with E-state index in [-0.39, 0.29) is 38.1 Å². The molecule has 2 aromatic heterocycles. The molecule has 3 heterocycles. The van der Waals surface area contributed by atoms with E-state index < -0.39 is 11.6 Å². The number of pyridine rings is 1. The van der Waals surface area contributed by atoms with Crippen molar-refractivity contribution in [1.29, 1.82) is 0 Å². The summed E-state index contributed by atoms with van der Waals surface area (Å²) in [4.78, 5) is 8.19. The largest absolute Gasteiger partial charge is 0.509 e. The van der Waals surface area contributed by atoms with Crippen LogP contribution in [-0.4, -0.2) is 9.55 Å². The molecule has 9 rings (SSSR count). The minimum Gasteiger partial charge on any atom is -0.509 e. The van der Waals surface area contributed by atoms with Gasteiger partial charge in [0.05, 0.1) is 5.69 Å². The maximum atomic E-state index is 15.5. The van der Waals surface area contributed by atoms with Gasteiger partial charge in [-0.15, -0.1) is 53.6 Å². The number of hydrogen-bond donors (Lipinski definition) is 0. The monoisotopic (exact) mass is 932 g/mol. The quantitative estimate of drug-likeness (QED) is 0.149. The molecular formula is C49H39F2N4OPt-3. The average molecular weight is 933 g/mol. The van der Waals surface area contributed by atoms with Crippen LogP contribution in [0, 0.1) is 30.4 Å². The molecule has 0 spiro atoms. The first kappa shape index (κ1) is 38.1. The summed E-state index contributed by atoms with van der Waals surface area (Å²) in [6, 6.07) is 47.6. The maximum absolute atomic E-state index is 15.5. The van der Waals surface area contributed by atoms with Crippen LogP contribution in [0.3, 0.4) is 0 Å². The number of para-hydroxylation sites is 2. The minimum atomic E-state index is -0.656. The second-order valence-corrected chi connectivity index (χ2v) is 15.5. The Hall–Kier alpha value is -5.78. The first-order valence-corrected chi connectivity index (χ1v) is 18.8. The standard InChI is InChI=1S/C49H39F2N4O.Pt/c1-31(2)37-13-6-7-14-38(37)32-25-34(53-30-54(48-41(50)16-12-17-42(48)51)46-27-33(49(3,4)5)20-23-44(46)53)28-36(26-32)56-35-21-22-40-39-15-8-9-18-43(39)55(45(40)29-35)47-19-10-11-24-52-47;/h6-27,30-31H,1-5H3;/q-3;. The third kappa shape index (κ3) is 6.89. The molecular weight excluding hydrogens is 894 g/mol. The van der Waals surface area contributed by atoms with Crippen molar-refractivity contribution >= 4 is 44.6 Å². The Bertz CT molecular complexity index is 2750. The van der Waals surface area contributed by atoms with E-state index in [0.29, 0.717) is 22.9 Å². The fraction of sp³-hybridized carbons (Fsp3) is 0.143. The summed E-state index contributed by atoms with van der Waals surface area (Å²) >= 11 is 0. The molecule has 0 saturated heterocycles. The van der Waals surface area contributed by atoms with Gasteiger partial charge in [-0.2, -0.15) is 6.07 Å². The van der Waals surface area contributed by atoms with Crippen LogP contribution in [-0.2, 0) is 26.5 Å². The van der Waals surface area contributed by atoms with Crippen molar-refractivity contribution in [2.45, 2.75) is 46.0 Å². The van der Waals surface area contributed by atoms with Gasteiger partial charge in [-0.1, -0.05) is 101 Å². The van der Waals surface area contributed by atoms with Gasteiger partial charge in [-0.3, -0.25) is 0 Å². The van der Waals surface area contributed by atoms with Crippen LogP contribution in [0.25, 0.3) is 38.8 Å². The average Bonchev–Trinajstić information content (AvgIpc) is 3.73. The van der Waals surface area contributed by atoms with E-state index in [1.54, 1.807) is 17.8 Å². The van der Waals surface area contributed by atoms with Crippen LogP contribution in [0.1, 0.15) is 51.7 Å². The number of ether oxygens (including phenoxy) is 1. The predicted octanol–water partition coefficient (Wildman–Crippen LogP) is 13.3. The Balaban J connectivity index is 0.00000455. The minimum absolute atomic E-state index is 0. The van der Waals surface area contributed by atoms with Crippen molar-refractivity contribution < 1.29 is 34.6 Å². The Morgan fingerprint density at radius 2 is 1.46 bits per heavy atom. The van der Waals surface area contributed by atoms with Gasteiger partial charge in [0.15, 0.2) is 0 Å². The molecule has 5 nitrogen and oxygen atoms in total. The van der Waals surface area contributed by atoms with E-state index in [1.807, 2.05) is 65.6 Å². The molecule has 288 valence electrons. The third-order valence-electron chi connectivity index (χ3n) is 10.4. The van der Waals surface area contributed by atoms with Crippen molar-refractivity contribution in [3.8, 4) is 28.4 Å². The zero-order chi connectivity index (χ0) is 38.7. The third-order valence-corrected chi connectivity index (χ3v) is 10.4. The molecule has 0 unspecified atom stereocenters. The first-order chi connectivity index (χ1) is 27.0. The Morgan fingerprint density at radius 3 is 2.21 bits per heavy atom. The molecule has 57 heavy (non-hydrogen) atoms. The van der Waals surface area contributed by atoms with Gasteiger partial charge in [-0.25, -0.2) is 13.8 Å². The van der Waals surface area contributed by atoms with Crippen molar-refractivity contribution in [2.24, 2.45) is 0 Å². The second kappa shape index (κ2) is 14.9.